The van der Waals surface area contributed by atoms with E-state index in [9.17, 15) is 14.7 Å². The van der Waals surface area contributed by atoms with Crippen molar-refractivity contribution in [2.24, 2.45) is 0 Å². The Morgan fingerprint density at radius 2 is 2.05 bits per heavy atom. The van der Waals surface area contributed by atoms with Crippen molar-refractivity contribution in [1.82, 2.24) is 10.3 Å². The van der Waals surface area contributed by atoms with E-state index in [1.165, 1.54) is 12.3 Å². The molecule has 0 bridgehead atoms. The average Bonchev–Trinajstić information content (AvgIpc) is 2.45. The van der Waals surface area contributed by atoms with E-state index in [4.69, 9.17) is 5.73 Å². The maximum Gasteiger partial charge on any atom is 0.256 e. The van der Waals surface area contributed by atoms with Crippen LogP contribution in [0, 0.1) is 6.92 Å². The molecule has 1 aromatic carbocycles. The number of hydrogen-bond donors (Lipinski definition) is 4. The zero-order valence-corrected chi connectivity index (χ0v) is 11.6. The molecule has 0 saturated heterocycles. The third-order valence-electron chi connectivity index (χ3n) is 3.08. The molecule has 0 aliphatic carbocycles. The van der Waals surface area contributed by atoms with Crippen molar-refractivity contribution in [1.29, 1.82) is 0 Å². The Kier molecular flexibility index (Phi) is 4.39. The van der Waals surface area contributed by atoms with Gasteiger partial charge in [0.05, 0.1) is 6.10 Å². The molecule has 6 nitrogen and oxygen atoms in total. The van der Waals surface area contributed by atoms with Crippen LogP contribution in [0.3, 0.4) is 0 Å². The molecule has 0 fully saturated rings. The predicted molar refractivity (Wildman–Crippen MR) is 79.9 cm³/mol. The number of nitrogen functional groups attached to an aromatic ring is 1. The van der Waals surface area contributed by atoms with Gasteiger partial charge in [-0.1, -0.05) is 12.1 Å². The van der Waals surface area contributed by atoms with Crippen molar-refractivity contribution in [2.75, 3.05) is 12.3 Å². The van der Waals surface area contributed by atoms with E-state index in [-0.39, 0.29) is 17.5 Å². The summed E-state index contributed by atoms with van der Waals surface area (Å²) in [5.41, 5.74) is 7.15. The zero-order chi connectivity index (χ0) is 15.4. The molecule has 0 aliphatic heterocycles. The normalized spacial score (nSPS) is 11.9. The van der Waals surface area contributed by atoms with E-state index in [0.29, 0.717) is 16.9 Å². The highest BCUT2D eigenvalue weighted by molar-refractivity contribution is 5.93. The Labute approximate surface area is 121 Å². The van der Waals surface area contributed by atoms with Gasteiger partial charge in [0.15, 0.2) is 5.43 Å². The number of amides is 1. The molecule has 2 aromatic rings. The highest BCUT2D eigenvalue weighted by atomic mass is 16.3. The summed E-state index contributed by atoms with van der Waals surface area (Å²) in [5, 5.41) is 12.5. The number of anilines is 1. The third kappa shape index (κ3) is 3.70. The first-order valence-electron chi connectivity index (χ1n) is 6.48. The molecule has 110 valence electrons. The largest absolute Gasteiger partial charge is 0.399 e. The van der Waals surface area contributed by atoms with Gasteiger partial charge in [0.1, 0.15) is 5.56 Å². The van der Waals surface area contributed by atoms with Crippen LogP contribution in [0.25, 0.3) is 0 Å². The standard InChI is InChI=1S/C15H17N3O3/c1-9-6-13(19)12(7-17-9)15(21)18-8-14(20)10-2-4-11(16)5-3-10/h2-7,14,20H,8,16H2,1H3,(H,17,19)(H,18,21). The van der Waals surface area contributed by atoms with Crippen LogP contribution in [0.15, 0.2) is 41.3 Å². The molecule has 2 rings (SSSR count). The molecule has 5 N–H and O–H groups in total. The van der Waals surface area contributed by atoms with Gasteiger partial charge in [-0.2, -0.15) is 0 Å². The van der Waals surface area contributed by atoms with E-state index < -0.39 is 12.0 Å². The fourth-order valence-corrected chi connectivity index (χ4v) is 1.87. The van der Waals surface area contributed by atoms with Gasteiger partial charge in [-0.05, 0) is 24.6 Å². The highest BCUT2D eigenvalue weighted by Crippen LogP contribution is 2.13. The number of nitrogens with one attached hydrogen (secondary N) is 2. The minimum Gasteiger partial charge on any atom is -0.399 e. The van der Waals surface area contributed by atoms with E-state index >= 15 is 0 Å². The first-order chi connectivity index (χ1) is 9.97. The lowest BCUT2D eigenvalue weighted by molar-refractivity contribution is 0.0915. The van der Waals surface area contributed by atoms with Crippen molar-refractivity contribution >= 4 is 11.6 Å². The smallest absolute Gasteiger partial charge is 0.256 e. The van der Waals surface area contributed by atoms with Gasteiger partial charge in [0.25, 0.3) is 5.91 Å². The van der Waals surface area contributed by atoms with Crippen LogP contribution in [-0.2, 0) is 0 Å². The molecule has 0 spiro atoms. The van der Waals surface area contributed by atoms with Crippen molar-refractivity contribution in [2.45, 2.75) is 13.0 Å². The molecule has 6 heteroatoms. The number of aromatic nitrogens is 1. The van der Waals surface area contributed by atoms with E-state index in [2.05, 4.69) is 10.3 Å². The monoisotopic (exact) mass is 287 g/mol. The number of benzene rings is 1. The topological polar surface area (TPSA) is 108 Å². The number of pyridine rings is 1. The van der Waals surface area contributed by atoms with Gasteiger partial charge in [-0.25, -0.2) is 0 Å². The molecule has 1 heterocycles. The first kappa shape index (κ1) is 14.8. The van der Waals surface area contributed by atoms with Crippen LogP contribution >= 0.6 is 0 Å². The van der Waals surface area contributed by atoms with E-state index in [1.807, 2.05) is 0 Å². The number of aliphatic hydroxyl groups excluding tert-OH is 1. The third-order valence-corrected chi connectivity index (χ3v) is 3.08. The minimum atomic E-state index is -0.862. The molecule has 0 radical (unpaired) electrons. The predicted octanol–water partition coefficient (Wildman–Crippen LogP) is 0.729. The van der Waals surface area contributed by atoms with E-state index in [0.717, 1.165) is 0 Å². The molecule has 1 amide bonds. The number of aromatic amines is 1. The summed E-state index contributed by atoms with van der Waals surface area (Å²) in [4.78, 5) is 26.4. The van der Waals surface area contributed by atoms with Crippen LogP contribution in [0.5, 0.6) is 0 Å². The fourth-order valence-electron chi connectivity index (χ4n) is 1.87. The second-order valence-electron chi connectivity index (χ2n) is 4.79. The van der Waals surface area contributed by atoms with Gasteiger partial charge >= 0.3 is 0 Å². The maximum atomic E-state index is 11.9. The molecular formula is C15H17N3O3. The number of carbonyl (C=O) groups is 1. The zero-order valence-electron chi connectivity index (χ0n) is 11.6. The molecule has 0 aliphatic rings. The highest BCUT2D eigenvalue weighted by Gasteiger charge is 2.13. The second kappa shape index (κ2) is 6.23. The van der Waals surface area contributed by atoms with Gasteiger partial charge in [0, 0.05) is 30.2 Å². The van der Waals surface area contributed by atoms with Crippen molar-refractivity contribution < 1.29 is 9.90 Å². The Morgan fingerprint density at radius 3 is 2.67 bits per heavy atom. The lowest BCUT2D eigenvalue weighted by Gasteiger charge is -2.12. The molecule has 1 atom stereocenters. The quantitative estimate of drug-likeness (QED) is 0.622. The fraction of sp³-hybridized carbons (Fsp3) is 0.200. The molecule has 1 unspecified atom stereocenters. The van der Waals surface area contributed by atoms with Crippen LogP contribution in [0.4, 0.5) is 5.69 Å². The Bertz CT molecular complexity index is 692. The maximum absolute atomic E-state index is 11.9. The number of carbonyl (C=O) groups excluding carboxylic acids is 1. The van der Waals surface area contributed by atoms with Crippen molar-refractivity contribution in [3.63, 3.8) is 0 Å². The van der Waals surface area contributed by atoms with Crippen LogP contribution in [-0.4, -0.2) is 22.5 Å². The SMILES string of the molecule is Cc1cc(=O)c(C(=O)NCC(O)c2ccc(N)cc2)c[nH]1. The summed E-state index contributed by atoms with van der Waals surface area (Å²) in [7, 11) is 0. The lowest BCUT2D eigenvalue weighted by atomic mass is 10.1. The van der Waals surface area contributed by atoms with Crippen molar-refractivity contribution in [3.8, 4) is 0 Å². The number of hydrogen-bond acceptors (Lipinski definition) is 4. The van der Waals surface area contributed by atoms with Crippen LogP contribution in [0.2, 0.25) is 0 Å². The number of nitrogens with two attached hydrogens (primary N) is 1. The lowest BCUT2D eigenvalue weighted by Crippen LogP contribution is -2.32. The van der Waals surface area contributed by atoms with E-state index in [1.54, 1.807) is 31.2 Å². The van der Waals surface area contributed by atoms with Gasteiger partial charge in [0.2, 0.25) is 0 Å². The second-order valence-corrected chi connectivity index (χ2v) is 4.79. The summed E-state index contributed by atoms with van der Waals surface area (Å²) in [6.45, 7) is 1.74. The number of aryl methyl sites for hydroxylation is 1. The summed E-state index contributed by atoms with van der Waals surface area (Å²) in [5.74, 6) is -0.522. The summed E-state index contributed by atoms with van der Waals surface area (Å²) < 4.78 is 0. The van der Waals surface area contributed by atoms with Crippen molar-refractivity contribution in [3.05, 3.63) is 63.6 Å². The summed E-state index contributed by atoms with van der Waals surface area (Å²) in [6.07, 6.45) is 0.502. The Balaban J connectivity index is 2.00. The van der Waals surface area contributed by atoms with Gasteiger partial charge < -0.3 is 21.1 Å². The number of rotatable bonds is 4. The first-order valence-corrected chi connectivity index (χ1v) is 6.48. The Morgan fingerprint density at radius 1 is 1.38 bits per heavy atom. The number of aliphatic hydroxyl groups is 1. The molecule has 1 aromatic heterocycles. The van der Waals surface area contributed by atoms with Crippen LogP contribution in [0.1, 0.15) is 27.7 Å². The van der Waals surface area contributed by atoms with Gasteiger partial charge in [-0.3, -0.25) is 9.59 Å². The Hall–Kier alpha value is -2.60. The summed E-state index contributed by atoms with van der Waals surface area (Å²) >= 11 is 0. The minimum absolute atomic E-state index is 0.00999. The van der Waals surface area contributed by atoms with Gasteiger partial charge in [-0.15, -0.1) is 0 Å². The molecule has 0 saturated carbocycles. The number of H-pyrrole nitrogens is 1. The van der Waals surface area contributed by atoms with Crippen LogP contribution < -0.4 is 16.5 Å². The molecule has 21 heavy (non-hydrogen) atoms. The summed E-state index contributed by atoms with van der Waals surface area (Å²) in [6, 6.07) is 8.07. The molecular weight excluding hydrogens is 270 g/mol. The average molecular weight is 287 g/mol.